The molecule has 0 bridgehead atoms. The molecule has 1 fully saturated rings. The number of hydrogen-bond donors (Lipinski definition) is 2. The van der Waals surface area contributed by atoms with Crippen molar-refractivity contribution in [3.8, 4) is 0 Å². The van der Waals surface area contributed by atoms with Gasteiger partial charge in [0.1, 0.15) is 11.9 Å². The summed E-state index contributed by atoms with van der Waals surface area (Å²) >= 11 is 0. The minimum Gasteiger partial charge on any atom is -0.415 e. The van der Waals surface area contributed by atoms with Crippen LogP contribution < -0.4 is 11.4 Å². The van der Waals surface area contributed by atoms with Gasteiger partial charge < -0.3 is 20.0 Å². The summed E-state index contributed by atoms with van der Waals surface area (Å²) < 4.78 is 40.5. The predicted molar refractivity (Wildman–Crippen MR) is 81.8 cm³/mol. The second kappa shape index (κ2) is 6.63. The van der Waals surface area contributed by atoms with Gasteiger partial charge in [0, 0.05) is 6.20 Å². The molecule has 0 aliphatic carbocycles. The first kappa shape index (κ1) is 18.0. The molecule has 0 amide bonds. The van der Waals surface area contributed by atoms with Crippen LogP contribution in [0.4, 0.5) is 14.6 Å². The van der Waals surface area contributed by atoms with E-state index < -0.39 is 45.2 Å². The molecule has 0 radical (unpaired) electrons. The summed E-state index contributed by atoms with van der Waals surface area (Å²) in [6.07, 6.45) is -4.42. The Labute approximate surface area is 133 Å². The van der Waals surface area contributed by atoms with E-state index in [0.717, 1.165) is 6.20 Å². The molecule has 4 atom stereocenters. The zero-order valence-electron chi connectivity index (χ0n) is 13.1. The van der Waals surface area contributed by atoms with Crippen molar-refractivity contribution in [3.63, 3.8) is 0 Å². The molecule has 10 heteroatoms. The zero-order valence-corrected chi connectivity index (χ0v) is 14.3. The SMILES string of the molecule is CCC(O[SiH](C)C)C1OC(n2ccc(N)nc2=O)C(F)(F)C1O. The van der Waals surface area contributed by atoms with Gasteiger partial charge in [-0.05, 0) is 25.6 Å². The molecule has 1 aromatic rings. The van der Waals surface area contributed by atoms with Gasteiger partial charge in [0.15, 0.2) is 15.1 Å². The Kier molecular flexibility index (Phi) is 5.19. The molecule has 0 spiro atoms. The maximum absolute atomic E-state index is 14.4. The number of anilines is 1. The van der Waals surface area contributed by atoms with Gasteiger partial charge in [-0.1, -0.05) is 6.92 Å². The van der Waals surface area contributed by atoms with Crippen LogP contribution in [0.1, 0.15) is 19.6 Å². The van der Waals surface area contributed by atoms with Gasteiger partial charge in [-0.2, -0.15) is 13.8 Å². The molecule has 7 nitrogen and oxygen atoms in total. The molecule has 130 valence electrons. The highest BCUT2D eigenvalue weighted by Crippen LogP contribution is 2.44. The lowest BCUT2D eigenvalue weighted by Crippen LogP contribution is -2.45. The molecule has 1 aliphatic rings. The summed E-state index contributed by atoms with van der Waals surface area (Å²) in [5.74, 6) is -3.73. The molecule has 0 saturated carbocycles. The Morgan fingerprint density at radius 1 is 1.61 bits per heavy atom. The number of aliphatic hydroxyl groups excluding tert-OH is 1. The second-order valence-electron chi connectivity index (χ2n) is 5.75. The number of rotatable bonds is 5. The number of hydrogen-bond acceptors (Lipinski definition) is 6. The van der Waals surface area contributed by atoms with Crippen LogP contribution >= 0.6 is 0 Å². The standard InChI is InChI=1S/C13H21F2N3O4Si/c1-4-7(22-23(2)3)9-10(19)13(14,15)11(21-9)18-6-5-8(16)17-12(18)20/h5-7,9-11,19,23H,4H2,1-3H3,(H2,16,17,20). The summed E-state index contributed by atoms with van der Waals surface area (Å²) in [7, 11) is -1.52. The second-order valence-corrected chi connectivity index (χ2v) is 8.12. The molecule has 2 heterocycles. The summed E-state index contributed by atoms with van der Waals surface area (Å²) in [5.41, 5.74) is 4.39. The van der Waals surface area contributed by atoms with E-state index in [9.17, 15) is 18.7 Å². The smallest absolute Gasteiger partial charge is 0.351 e. The number of nitrogens with two attached hydrogens (primary N) is 1. The molecule has 1 saturated heterocycles. The van der Waals surface area contributed by atoms with E-state index in [-0.39, 0.29) is 5.82 Å². The average molecular weight is 349 g/mol. The van der Waals surface area contributed by atoms with Crippen molar-refractivity contribution in [2.24, 2.45) is 0 Å². The van der Waals surface area contributed by atoms with Crippen molar-refractivity contribution in [2.45, 2.75) is 56.9 Å². The van der Waals surface area contributed by atoms with Gasteiger partial charge in [-0.3, -0.25) is 4.57 Å². The molecule has 2 rings (SSSR count). The van der Waals surface area contributed by atoms with Crippen molar-refractivity contribution >= 4 is 14.9 Å². The summed E-state index contributed by atoms with van der Waals surface area (Å²) in [5, 5.41) is 10.0. The average Bonchev–Trinajstić information content (AvgIpc) is 2.68. The molecule has 3 N–H and O–H groups in total. The van der Waals surface area contributed by atoms with Crippen LogP contribution in [0.3, 0.4) is 0 Å². The normalized spacial score (nSPS) is 28.2. The summed E-state index contributed by atoms with van der Waals surface area (Å²) in [6, 6.07) is 1.22. The predicted octanol–water partition coefficient (Wildman–Crippen LogP) is 0.498. The lowest BCUT2D eigenvalue weighted by Gasteiger charge is -2.26. The van der Waals surface area contributed by atoms with Crippen molar-refractivity contribution in [1.82, 2.24) is 9.55 Å². The van der Waals surface area contributed by atoms with Crippen LogP contribution in [0.5, 0.6) is 0 Å². The summed E-state index contributed by atoms with van der Waals surface area (Å²) in [6.45, 7) is 5.56. The van der Waals surface area contributed by atoms with Gasteiger partial charge in [-0.15, -0.1) is 0 Å². The third kappa shape index (κ3) is 3.44. The molecule has 1 aromatic heterocycles. The number of halogens is 2. The van der Waals surface area contributed by atoms with Crippen molar-refractivity contribution in [2.75, 3.05) is 5.73 Å². The molecule has 4 unspecified atom stereocenters. The fraction of sp³-hybridized carbons (Fsp3) is 0.692. The first-order valence-corrected chi connectivity index (χ1v) is 10.2. The van der Waals surface area contributed by atoms with Crippen molar-refractivity contribution in [1.29, 1.82) is 0 Å². The van der Waals surface area contributed by atoms with E-state index in [4.69, 9.17) is 14.9 Å². The quantitative estimate of drug-likeness (QED) is 0.751. The van der Waals surface area contributed by atoms with Crippen molar-refractivity contribution < 1.29 is 23.1 Å². The number of nitrogens with zero attached hydrogens (tertiary/aromatic N) is 2. The highest BCUT2D eigenvalue weighted by atomic mass is 28.3. The van der Waals surface area contributed by atoms with Crippen LogP contribution in [-0.4, -0.2) is 47.9 Å². The Morgan fingerprint density at radius 2 is 2.26 bits per heavy atom. The monoisotopic (exact) mass is 349 g/mol. The Bertz CT molecular complexity index is 613. The lowest BCUT2D eigenvalue weighted by molar-refractivity contribution is -0.141. The first-order valence-electron chi connectivity index (χ1n) is 7.40. The Balaban J connectivity index is 2.34. The number of alkyl halides is 2. The molecular weight excluding hydrogens is 328 g/mol. The van der Waals surface area contributed by atoms with E-state index in [0.29, 0.717) is 11.0 Å². The largest absolute Gasteiger partial charge is 0.415 e. The number of aliphatic hydroxyl groups is 1. The van der Waals surface area contributed by atoms with Gasteiger partial charge in [-0.25, -0.2) is 4.79 Å². The van der Waals surface area contributed by atoms with Crippen LogP contribution in [0.2, 0.25) is 13.1 Å². The first-order chi connectivity index (χ1) is 10.7. The number of nitrogen functional groups attached to an aromatic ring is 1. The number of aromatic nitrogens is 2. The van der Waals surface area contributed by atoms with Gasteiger partial charge in [0.25, 0.3) is 0 Å². The third-order valence-corrected chi connectivity index (χ3v) is 4.53. The fourth-order valence-corrected chi connectivity index (χ4v) is 3.63. The van der Waals surface area contributed by atoms with Crippen LogP contribution in [0.25, 0.3) is 0 Å². The molecule has 23 heavy (non-hydrogen) atoms. The zero-order chi connectivity index (χ0) is 17.4. The third-order valence-electron chi connectivity index (χ3n) is 3.64. The van der Waals surface area contributed by atoms with Crippen LogP contribution in [-0.2, 0) is 9.16 Å². The van der Waals surface area contributed by atoms with E-state index in [2.05, 4.69) is 4.98 Å². The topological polar surface area (TPSA) is 99.6 Å². The summed E-state index contributed by atoms with van der Waals surface area (Å²) in [4.78, 5) is 15.2. The van der Waals surface area contributed by atoms with E-state index in [1.807, 2.05) is 13.1 Å². The van der Waals surface area contributed by atoms with Gasteiger partial charge >= 0.3 is 11.6 Å². The van der Waals surface area contributed by atoms with Crippen LogP contribution in [0.15, 0.2) is 17.1 Å². The molecular formula is C13H21F2N3O4Si. The highest BCUT2D eigenvalue weighted by molar-refractivity contribution is 6.48. The Hall–Kier alpha value is -1.36. The maximum atomic E-state index is 14.4. The highest BCUT2D eigenvalue weighted by Gasteiger charge is 2.61. The van der Waals surface area contributed by atoms with E-state index in [1.165, 1.54) is 6.07 Å². The maximum Gasteiger partial charge on any atom is 0.351 e. The fourth-order valence-electron chi connectivity index (χ4n) is 2.58. The van der Waals surface area contributed by atoms with Gasteiger partial charge in [0.2, 0.25) is 6.23 Å². The van der Waals surface area contributed by atoms with Crippen molar-refractivity contribution in [3.05, 3.63) is 22.7 Å². The number of ether oxygens (including phenoxy) is 1. The molecule has 0 aromatic carbocycles. The minimum atomic E-state index is -3.65. The van der Waals surface area contributed by atoms with Gasteiger partial charge in [0.05, 0.1) is 6.10 Å². The lowest BCUT2D eigenvalue weighted by atomic mass is 10.0. The van der Waals surface area contributed by atoms with E-state index in [1.54, 1.807) is 6.92 Å². The minimum absolute atomic E-state index is 0.0785. The Morgan fingerprint density at radius 3 is 2.78 bits per heavy atom. The molecule has 1 aliphatic heterocycles. The van der Waals surface area contributed by atoms with E-state index >= 15 is 0 Å². The van der Waals surface area contributed by atoms with Crippen LogP contribution in [0, 0.1) is 0 Å².